The molecule has 6 aromatic rings. The lowest BCUT2D eigenvalue weighted by Crippen LogP contribution is -2.14. The first-order valence-corrected chi connectivity index (χ1v) is 15.6. The van der Waals surface area contributed by atoms with E-state index in [2.05, 4.69) is 41.0 Å². The predicted molar refractivity (Wildman–Crippen MR) is 165 cm³/mol. The molecular weight excluding hydrogens is 569 g/mol. The molecule has 4 heterocycles. The molecule has 2 aromatic carbocycles. The maximum atomic E-state index is 12.7. The zero-order chi connectivity index (χ0) is 28.5. The monoisotopic (exact) mass is 596 g/mol. The molecule has 1 fully saturated rings. The van der Waals surface area contributed by atoms with Crippen molar-refractivity contribution in [3.05, 3.63) is 82.1 Å². The van der Waals surface area contributed by atoms with Crippen LogP contribution in [0.3, 0.4) is 0 Å². The Morgan fingerprint density at radius 1 is 0.714 bits per heavy atom. The summed E-state index contributed by atoms with van der Waals surface area (Å²) >= 11 is 2.89. The molecular formula is C30H28N8O2S2. The highest BCUT2D eigenvalue weighted by molar-refractivity contribution is 7.15. The zero-order valence-corrected chi connectivity index (χ0v) is 24.2. The number of amides is 2. The molecule has 212 valence electrons. The second kappa shape index (κ2) is 11.5. The normalized spacial score (nSPS) is 17.0. The van der Waals surface area contributed by atoms with Crippen molar-refractivity contribution < 1.29 is 9.59 Å². The summed E-state index contributed by atoms with van der Waals surface area (Å²) in [6, 6.07) is 15.9. The molecule has 7 rings (SSSR count). The van der Waals surface area contributed by atoms with Gasteiger partial charge < -0.3 is 20.6 Å². The number of fused-ring (bicyclic) bond motifs is 2. The molecule has 0 spiro atoms. The Hall–Kier alpha value is -4.42. The quantitative estimate of drug-likeness (QED) is 0.166. The zero-order valence-electron chi connectivity index (χ0n) is 22.6. The number of rotatable bonds is 8. The Kier molecular flexibility index (Phi) is 7.22. The fourth-order valence-electron chi connectivity index (χ4n) is 5.77. The van der Waals surface area contributed by atoms with Crippen LogP contribution >= 0.6 is 22.7 Å². The van der Waals surface area contributed by atoms with E-state index < -0.39 is 0 Å². The topological polar surface area (TPSA) is 141 Å². The van der Waals surface area contributed by atoms with Gasteiger partial charge in [-0.3, -0.25) is 9.59 Å². The minimum Gasteiger partial charge on any atom is -0.361 e. The third-order valence-corrected chi connectivity index (χ3v) is 9.80. The van der Waals surface area contributed by atoms with Gasteiger partial charge >= 0.3 is 0 Å². The van der Waals surface area contributed by atoms with Crippen LogP contribution in [-0.2, 0) is 22.4 Å². The van der Waals surface area contributed by atoms with E-state index in [-0.39, 0.29) is 36.5 Å². The van der Waals surface area contributed by atoms with Gasteiger partial charge in [0.15, 0.2) is 0 Å². The lowest BCUT2D eigenvalue weighted by molar-refractivity contribution is -0.116. The standard InChI is InChI=1S/C30H28N8O2S2/c39-25(13-19-15-31-23-10-3-1-8-21(19)23)33-29-37-35-27(41-29)17-6-5-7-18(12-17)28-36-38-30(42-28)34-26(40)14-20-16-32-24-11-4-2-9-22(20)24/h1-4,8-11,15-18,31-32H,5-7,12-14H2,(H,33,37,39)(H,34,38,40)/t17-,18+. The van der Waals surface area contributed by atoms with Gasteiger partial charge in [-0.1, -0.05) is 65.5 Å². The van der Waals surface area contributed by atoms with Crippen molar-refractivity contribution in [1.82, 2.24) is 30.4 Å². The van der Waals surface area contributed by atoms with Crippen LogP contribution in [0.4, 0.5) is 10.3 Å². The van der Waals surface area contributed by atoms with Crippen molar-refractivity contribution in [3.8, 4) is 0 Å². The van der Waals surface area contributed by atoms with Crippen LogP contribution in [0.1, 0.15) is 58.7 Å². The SMILES string of the molecule is O=C(Cc1c[nH]c2ccccc12)Nc1nnc([C@@H]2CCC[C@H](c3nnc(NC(=O)Cc4c[nH]c5ccccc45)s3)C2)s1. The molecule has 4 N–H and O–H groups in total. The van der Waals surface area contributed by atoms with Crippen LogP contribution in [0.15, 0.2) is 60.9 Å². The van der Waals surface area contributed by atoms with E-state index >= 15 is 0 Å². The number of aromatic amines is 2. The number of H-pyrrole nitrogens is 2. The number of aromatic nitrogens is 6. The molecule has 0 unspecified atom stereocenters. The van der Waals surface area contributed by atoms with Gasteiger partial charge in [0.25, 0.3) is 0 Å². The summed E-state index contributed by atoms with van der Waals surface area (Å²) in [5, 5.41) is 28.2. The Labute approximate surface area is 249 Å². The van der Waals surface area contributed by atoms with Crippen molar-refractivity contribution in [3.63, 3.8) is 0 Å². The Bertz CT molecular complexity index is 1750. The average molecular weight is 597 g/mol. The highest BCUT2D eigenvalue weighted by Gasteiger charge is 2.29. The van der Waals surface area contributed by atoms with E-state index in [1.807, 2.05) is 60.9 Å². The van der Waals surface area contributed by atoms with E-state index in [4.69, 9.17) is 0 Å². The number of nitrogens with zero attached hydrogens (tertiary/aromatic N) is 4. The van der Waals surface area contributed by atoms with Crippen molar-refractivity contribution in [2.45, 2.75) is 50.4 Å². The number of anilines is 2. The molecule has 0 radical (unpaired) electrons. The van der Waals surface area contributed by atoms with Gasteiger partial charge in [-0.2, -0.15) is 0 Å². The van der Waals surface area contributed by atoms with Crippen molar-refractivity contribution >= 4 is 66.6 Å². The van der Waals surface area contributed by atoms with E-state index in [9.17, 15) is 9.59 Å². The van der Waals surface area contributed by atoms with Crippen LogP contribution in [0.2, 0.25) is 0 Å². The number of benzene rings is 2. The number of hydrogen-bond donors (Lipinski definition) is 4. The first-order valence-electron chi connectivity index (χ1n) is 14.0. The fourth-order valence-corrected chi connectivity index (χ4v) is 7.58. The summed E-state index contributed by atoms with van der Waals surface area (Å²) in [6.45, 7) is 0. The Morgan fingerprint density at radius 2 is 1.19 bits per heavy atom. The van der Waals surface area contributed by atoms with Crippen molar-refractivity contribution in [2.75, 3.05) is 10.6 Å². The summed E-state index contributed by atoms with van der Waals surface area (Å²) in [5.74, 6) is 0.253. The van der Waals surface area contributed by atoms with Crippen LogP contribution in [0.5, 0.6) is 0 Å². The predicted octanol–water partition coefficient (Wildman–Crippen LogP) is 6.16. The third-order valence-electron chi connectivity index (χ3n) is 7.80. The van der Waals surface area contributed by atoms with Crippen molar-refractivity contribution in [2.24, 2.45) is 0 Å². The summed E-state index contributed by atoms with van der Waals surface area (Å²) in [7, 11) is 0. The molecule has 2 amide bonds. The second-order valence-electron chi connectivity index (χ2n) is 10.6. The number of para-hydroxylation sites is 2. The summed E-state index contributed by atoms with van der Waals surface area (Å²) in [6.07, 6.45) is 8.25. The Balaban J connectivity index is 0.949. The van der Waals surface area contributed by atoms with Crippen molar-refractivity contribution in [1.29, 1.82) is 0 Å². The molecule has 0 saturated heterocycles. The summed E-state index contributed by atoms with van der Waals surface area (Å²) < 4.78 is 0. The molecule has 1 aliphatic rings. The van der Waals surface area contributed by atoms with Crippen LogP contribution < -0.4 is 10.6 Å². The van der Waals surface area contributed by atoms with Crippen LogP contribution in [-0.4, -0.2) is 42.2 Å². The van der Waals surface area contributed by atoms with Crippen LogP contribution in [0, 0.1) is 0 Å². The summed E-state index contributed by atoms with van der Waals surface area (Å²) in [5.41, 5.74) is 3.93. The number of carbonyl (C=O) groups excluding carboxylic acids is 2. The lowest BCUT2D eigenvalue weighted by Gasteiger charge is -2.25. The molecule has 12 heteroatoms. The first-order chi connectivity index (χ1) is 20.6. The highest BCUT2D eigenvalue weighted by atomic mass is 32.1. The Morgan fingerprint density at radius 3 is 1.69 bits per heavy atom. The maximum absolute atomic E-state index is 12.7. The first kappa shape index (κ1) is 26.5. The maximum Gasteiger partial charge on any atom is 0.230 e. The van der Waals surface area contributed by atoms with Crippen LogP contribution in [0.25, 0.3) is 21.8 Å². The van der Waals surface area contributed by atoms with Gasteiger partial charge in [0.1, 0.15) is 10.0 Å². The molecule has 1 aliphatic carbocycles. The van der Waals surface area contributed by atoms with Gasteiger partial charge in [0, 0.05) is 46.0 Å². The second-order valence-corrected chi connectivity index (χ2v) is 12.6. The van der Waals surface area contributed by atoms with Gasteiger partial charge in [-0.25, -0.2) is 0 Å². The third kappa shape index (κ3) is 5.55. The fraction of sp³-hybridized carbons (Fsp3) is 0.267. The van der Waals surface area contributed by atoms with Gasteiger partial charge in [-0.05, 0) is 42.5 Å². The van der Waals surface area contributed by atoms with Gasteiger partial charge in [0.2, 0.25) is 22.1 Å². The highest BCUT2D eigenvalue weighted by Crippen LogP contribution is 2.43. The molecule has 4 aromatic heterocycles. The minimum atomic E-state index is -0.114. The van der Waals surface area contributed by atoms with Gasteiger partial charge in [-0.15, -0.1) is 20.4 Å². The molecule has 0 aliphatic heterocycles. The largest absolute Gasteiger partial charge is 0.361 e. The van der Waals surface area contributed by atoms with E-state index in [0.717, 1.165) is 68.6 Å². The molecule has 42 heavy (non-hydrogen) atoms. The number of nitrogens with one attached hydrogen (secondary N) is 4. The van der Waals surface area contributed by atoms with E-state index in [0.29, 0.717) is 10.3 Å². The summed E-state index contributed by atoms with van der Waals surface area (Å²) in [4.78, 5) is 31.9. The molecule has 10 nitrogen and oxygen atoms in total. The van der Waals surface area contributed by atoms with E-state index in [1.165, 1.54) is 22.7 Å². The number of carbonyl (C=O) groups is 2. The van der Waals surface area contributed by atoms with Gasteiger partial charge in [0.05, 0.1) is 12.8 Å². The van der Waals surface area contributed by atoms with E-state index in [1.54, 1.807) is 0 Å². The smallest absolute Gasteiger partial charge is 0.230 e. The molecule has 2 atom stereocenters. The lowest BCUT2D eigenvalue weighted by atomic mass is 9.82. The average Bonchev–Trinajstić information content (AvgIpc) is 3.82. The molecule has 0 bridgehead atoms. The minimum absolute atomic E-state index is 0.114. The number of hydrogen-bond acceptors (Lipinski definition) is 8. The molecule has 1 saturated carbocycles.